The second kappa shape index (κ2) is 7.86. The van der Waals surface area contributed by atoms with Gasteiger partial charge in [-0.3, -0.25) is 19.0 Å². The number of aromatic nitrogens is 3. The number of nitrogens with zero attached hydrogens (tertiary/aromatic N) is 4. The van der Waals surface area contributed by atoms with Crippen molar-refractivity contribution in [1.29, 1.82) is 0 Å². The van der Waals surface area contributed by atoms with Crippen LogP contribution >= 0.6 is 0 Å². The van der Waals surface area contributed by atoms with Crippen molar-refractivity contribution in [3.05, 3.63) is 33.3 Å². The van der Waals surface area contributed by atoms with Crippen molar-refractivity contribution >= 4 is 23.5 Å². The van der Waals surface area contributed by atoms with Crippen molar-refractivity contribution in [2.24, 2.45) is 5.92 Å². The lowest BCUT2D eigenvalue weighted by atomic mass is 10.1. The van der Waals surface area contributed by atoms with Crippen molar-refractivity contribution in [3.8, 4) is 5.88 Å². The molecule has 0 aliphatic heterocycles. The highest BCUT2D eigenvalue weighted by molar-refractivity contribution is 5.97. The Morgan fingerprint density at radius 2 is 1.97 bits per heavy atom. The summed E-state index contributed by atoms with van der Waals surface area (Å²) in [6.07, 6.45) is 6.87. The van der Waals surface area contributed by atoms with Gasteiger partial charge in [-0.15, -0.1) is 0 Å². The molecule has 2 amide bonds. The molecule has 166 valence electrons. The van der Waals surface area contributed by atoms with Crippen molar-refractivity contribution in [2.75, 3.05) is 7.05 Å². The molecule has 2 aromatic rings. The number of hydrogen-bond acceptors (Lipinski definition) is 5. The van der Waals surface area contributed by atoms with Crippen LogP contribution in [0.4, 0.5) is 0 Å². The Kier molecular flexibility index (Phi) is 5.36. The van der Waals surface area contributed by atoms with Gasteiger partial charge in [0.25, 0.3) is 11.5 Å². The topological polar surface area (TPSA) is 109 Å². The van der Waals surface area contributed by atoms with Gasteiger partial charge in [0.1, 0.15) is 5.65 Å². The Bertz CT molecular complexity index is 1140. The predicted octanol–water partition coefficient (Wildman–Crippen LogP) is 1.69. The van der Waals surface area contributed by atoms with Crippen molar-refractivity contribution in [2.45, 2.75) is 65.1 Å². The number of carbonyl (C=O) groups is 2. The van der Waals surface area contributed by atoms with Gasteiger partial charge < -0.3 is 15.3 Å². The number of nitrogens with one attached hydrogen (secondary N) is 1. The number of fused-ring (bicyclic) bond motifs is 1. The number of carbonyl (C=O) groups excluding carboxylic acids is 2. The van der Waals surface area contributed by atoms with Gasteiger partial charge in [-0.05, 0) is 44.6 Å². The van der Waals surface area contributed by atoms with Crippen LogP contribution in [-0.4, -0.2) is 55.1 Å². The van der Waals surface area contributed by atoms with Crippen molar-refractivity contribution in [1.82, 2.24) is 24.4 Å². The minimum absolute atomic E-state index is 0.0490. The van der Waals surface area contributed by atoms with E-state index in [-0.39, 0.29) is 29.5 Å². The zero-order valence-electron chi connectivity index (χ0n) is 18.4. The average Bonchev–Trinajstić information content (AvgIpc) is 3.61. The van der Waals surface area contributed by atoms with E-state index in [1.54, 1.807) is 24.9 Å². The summed E-state index contributed by atoms with van der Waals surface area (Å²) in [7, 11) is 1.78. The predicted molar refractivity (Wildman–Crippen MR) is 116 cm³/mol. The lowest BCUT2D eigenvalue weighted by molar-refractivity contribution is -0.125. The fraction of sp³-hybridized carbons (Fsp3) is 0.545. The first-order chi connectivity index (χ1) is 14.7. The molecule has 9 nitrogen and oxygen atoms in total. The molecule has 2 heterocycles. The first-order valence-electron chi connectivity index (χ1n) is 10.8. The molecule has 0 saturated heterocycles. The van der Waals surface area contributed by atoms with E-state index in [2.05, 4.69) is 10.4 Å². The Morgan fingerprint density at radius 3 is 2.55 bits per heavy atom. The van der Waals surface area contributed by atoms with E-state index in [0.29, 0.717) is 23.4 Å². The number of amides is 2. The summed E-state index contributed by atoms with van der Waals surface area (Å²) in [5.41, 5.74) is 0.620. The van der Waals surface area contributed by atoms with E-state index >= 15 is 0 Å². The number of likely N-dealkylation sites (N-methyl/N-ethyl adjacent to an activating group) is 1. The Balaban J connectivity index is 1.84. The molecule has 2 N–H and O–H groups in total. The lowest BCUT2D eigenvalue weighted by Crippen LogP contribution is -2.36. The fourth-order valence-corrected chi connectivity index (χ4v) is 3.69. The third kappa shape index (κ3) is 4.08. The molecule has 0 atom stereocenters. The van der Waals surface area contributed by atoms with E-state index < -0.39 is 17.3 Å². The van der Waals surface area contributed by atoms with Gasteiger partial charge in [-0.1, -0.05) is 13.8 Å². The quantitative estimate of drug-likeness (QED) is 0.654. The molecule has 2 fully saturated rings. The van der Waals surface area contributed by atoms with Crippen LogP contribution in [0.15, 0.2) is 10.9 Å². The maximum Gasteiger partial charge on any atom is 0.270 e. The van der Waals surface area contributed by atoms with Crippen LogP contribution in [0.25, 0.3) is 11.7 Å². The maximum atomic E-state index is 13.3. The molecule has 2 aliphatic rings. The molecule has 0 unspecified atom stereocenters. The molecule has 2 saturated carbocycles. The molecule has 0 spiro atoms. The second-order valence-electron chi connectivity index (χ2n) is 9.00. The largest absolute Gasteiger partial charge is 0.492 e. The summed E-state index contributed by atoms with van der Waals surface area (Å²) in [5, 5.41) is 18.0. The van der Waals surface area contributed by atoms with E-state index in [9.17, 15) is 19.5 Å². The SMILES string of the molecule is Cc1nn2c(O)c(C(=O)NC3CC3)c(=O)n(CC(C)C)c2c1C=CC(=O)N(C)C1CC1. The third-order valence-corrected chi connectivity index (χ3v) is 5.74. The zero-order chi connectivity index (χ0) is 22.4. The summed E-state index contributed by atoms with van der Waals surface area (Å²) < 4.78 is 2.70. The van der Waals surface area contributed by atoms with Crippen LogP contribution in [0.1, 0.15) is 61.1 Å². The summed E-state index contributed by atoms with van der Waals surface area (Å²) >= 11 is 0. The van der Waals surface area contributed by atoms with Gasteiger partial charge in [-0.2, -0.15) is 9.61 Å². The Labute approximate surface area is 180 Å². The monoisotopic (exact) mass is 427 g/mol. The van der Waals surface area contributed by atoms with Gasteiger partial charge in [0.2, 0.25) is 11.8 Å². The van der Waals surface area contributed by atoms with E-state index in [0.717, 1.165) is 25.7 Å². The third-order valence-electron chi connectivity index (χ3n) is 5.74. The molecule has 2 aromatic heterocycles. The Hall–Kier alpha value is -3.10. The van der Waals surface area contributed by atoms with Gasteiger partial charge in [0.15, 0.2) is 5.56 Å². The highest BCUT2D eigenvalue weighted by Crippen LogP contribution is 2.27. The lowest BCUT2D eigenvalue weighted by Gasteiger charge is -2.15. The summed E-state index contributed by atoms with van der Waals surface area (Å²) in [5.74, 6) is -1.08. The standard InChI is InChI=1S/C22H29N5O4/c1-12(2)11-26-20-16(9-10-17(28)25(4)15-7-8-15)13(3)24-27(20)22(31)18(21(26)30)19(29)23-14-5-6-14/h9-10,12,14-15,31H,5-8,11H2,1-4H3,(H,23,29). The number of rotatable bonds is 7. The molecule has 4 rings (SSSR count). The fourth-order valence-electron chi connectivity index (χ4n) is 3.69. The second-order valence-corrected chi connectivity index (χ2v) is 9.00. The summed E-state index contributed by atoms with van der Waals surface area (Å²) in [6.45, 7) is 6.02. The first kappa shape index (κ1) is 21.1. The van der Waals surface area contributed by atoms with Crippen molar-refractivity contribution < 1.29 is 14.7 Å². The van der Waals surface area contributed by atoms with Gasteiger partial charge in [0.05, 0.1) is 5.69 Å². The molecule has 2 aliphatic carbocycles. The molecule has 0 aromatic carbocycles. The van der Waals surface area contributed by atoms with Gasteiger partial charge in [-0.25, -0.2) is 0 Å². The molecule has 0 bridgehead atoms. The molecular weight excluding hydrogens is 398 g/mol. The van der Waals surface area contributed by atoms with Crippen LogP contribution in [0.5, 0.6) is 5.88 Å². The van der Waals surface area contributed by atoms with Crippen molar-refractivity contribution in [3.63, 3.8) is 0 Å². The minimum Gasteiger partial charge on any atom is -0.492 e. The van der Waals surface area contributed by atoms with Crippen LogP contribution in [0, 0.1) is 12.8 Å². The smallest absolute Gasteiger partial charge is 0.270 e. The molecule has 31 heavy (non-hydrogen) atoms. The van der Waals surface area contributed by atoms with E-state index in [4.69, 9.17) is 0 Å². The highest BCUT2D eigenvalue weighted by atomic mass is 16.3. The number of aryl methyl sites for hydroxylation is 1. The van der Waals surface area contributed by atoms with Gasteiger partial charge in [0, 0.05) is 37.3 Å². The van der Waals surface area contributed by atoms with Crippen LogP contribution in [-0.2, 0) is 11.3 Å². The summed E-state index contributed by atoms with van der Waals surface area (Å²) in [4.78, 5) is 40.1. The van der Waals surface area contributed by atoms with Crippen LogP contribution < -0.4 is 10.9 Å². The average molecular weight is 428 g/mol. The van der Waals surface area contributed by atoms with Crippen LogP contribution in [0.3, 0.4) is 0 Å². The molecular formula is C22H29N5O4. The first-order valence-corrected chi connectivity index (χ1v) is 10.8. The van der Waals surface area contributed by atoms with E-state index in [1.165, 1.54) is 15.2 Å². The van der Waals surface area contributed by atoms with Crippen LogP contribution in [0.2, 0.25) is 0 Å². The maximum absolute atomic E-state index is 13.3. The zero-order valence-corrected chi connectivity index (χ0v) is 18.4. The Morgan fingerprint density at radius 1 is 1.29 bits per heavy atom. The van der Waals surface area contributed by atoms with Gasteiger partial charge >= 0.3 is 0 Å². The molecule has 9 heteroatoms. The minimum atomic E-state index is -0.587. The number of hydrogen-bond donors (Lipinski definition) is 2. The summed E-state index contributed by atoms with van der Waals surface area (Å²) in [6, 6.07) is 0.339. The molecule has 0 radical (unpaired) electrons. The van der Waals surface area contributed by atoms with E-state index in [1.807, 2.05) is 13.8 Å². The normalized spacial score (nSPS) is 16.4. The number of aromatic hydroxyl groups is 1. The highest BCUT2D eigenvalue weighted by Gasteiger charge is 2.31.